The van der Waals surface area contributed by atoms with Gasteiger partial charge in [-0.05, 0) is 35.9 Å². The average Bonchev–Trinajstić information content (AvgIpc) is 2.59. The maximum Gasteiger partial charge on any atom is 0.416 e. The van der Waals surface area contributed by atoms with Crippen molar-refractivity contribution in [1.82, 2.24) is 0 Å². The fourth-order valence-electron chi connectivity index (χ4n) is 2.07. The van der Waals surface area contributed by atoms with Crippen LogP contribution in [-0.2, 0) is 6.18 Å². The molecule has 138 valence electrons. The van der Waals surface area contributed by atoms with Crippen molar-refractivity contribution in [1.29, 1.82) is 0 Å². The van der Waals surface area contributed by atoms with Gasteiger partial charge in [0, 0.05) is 5.56 Å². The highest BCUT2D eigenvalue weighted by Gasteiger charge is 2.30. The van der Waals surface area contributed by atoms with Crippen LogP contribution in [0.15, 0.2) is 48.5 Å². The number of allylic oxidation sites excluding steroid dienone is 1. The van der Waals surface area contributed by atoms with Gasteiger partial charge in [0.25, 0.3) is 0 Å². The number of ketones is 1. The molecule has 0 saturated heterocycles. The maximum absolute atomic E-state index is 12.5. The van der Waals surface area contributed by atoms with E-state index in [1.807, 2.05) is 0 Å². The Morgan fingerprint density at radius 2 is 1.69 bits per heavy atom. The molecule has 0 radical (unpaired) electrons. The van der Waals surface area contributed by atoms with Gasteiger partial charge in [0.1, 0.15) is 0 Å². The molecule has 0 aliphatic rings. The zero-order valence-corrected chi connectivity index (χ0v) is 13.4. The van der Waals surface area contributed by atoms with Crippen LogP contribution < -0.4 is 9.47 Å². The van der Waals surface area contributed by atoms with Crippen molar-refractivity contribution in [3.8, 4) is 11.5 Å². The molecule has 0 atom stereocenters. The molecular formula is C18H13F5O3. The van der Waals surface area contributed by atoms with Gasteiger partial charge in [-0.2, -0.15) is 22.0 Å². The highest BCUT2D eigenvalue weighted by atomic mass is 19.4. The minimum Gasteiger partial charge on any atom is -0.493 e. The summed E-state index contributed by atoms with van der Waals surface area (Å²) in [5.41, 5.74) is -0.306. The predicted molar refractivity (Wildman–Crippen MR) is 84.4 cm³/mol. The molecule has 0 fully saturated rings. The van der Waals surface area contributed by atoms with Crippen LogP contribution in [0, 0.1) is 0 Å². The van der Waals surface area contributed by atoms with Crippen molar-refractivity contribution in [2.45, 2.75) is 12.8 Å². The predicted octanol–water partition coefficient (Wildman–Crippen LogP) is 5.21. The van der Waals surface area contributed by atoms with Gasteiger partial charge >= 0.3 is 12.8 Å². The van der Waals surface area contributed by atoms with Gasteiger partial charge < -0.3 is 9.47 Å². The highest BCUT2D eigenvalue weighted by molar-refractivity contribution is 6.06. The second-order valence-electron chi connectivity index (χ2n) is 5.06. The Labute approximate surface area is 145 Å². The number of alkyl halides is 5. The summed E-state index contributed by atoms with van der Waals surface area (Å²) >= 11 is 0. The summed E-state index contributed by atoms with van der Waals surface area (Å²) in [6, 6.07) is 7.87. The lowest BCUT2D eigenvalue weighted by atomic mass is 10.1. The van der Waals surface area contributed by atoms with Gasteiger partial charge in [-0.15, -0.1) is 0 Å². The summed E-state index contributed by atoms with van der Waals surface area (Å²) in [7, 11) is 1.27. The Kier molecular flexibility index (Phi) is 5.97. The van der Waals surface area contributed by atoms with Crippen molar-refractivity contribution in [2.75, 3.05) is 7.11 Å². The molecule has 0 bridgehead atoms. The van der Waals surface area contributed by atoms with Crippen molar-refractivity contribution in [2.24, 2.45) is 0 Å². The van der Waals surface area contributed by atoms with Crippen LogP contribution in [0.25, 0.3) is 6.08 Å². The first-order valence-electron chi connectivity index (χ1n) is 7.23. The van der Waals surface area contributed by atoms with E-state index in [4.69, 9.17) is 4.74 Å². The van der Waals surface area contributed by atoms with E-state index < -0.39 is 24.1 Å². The van der Waals surface area contributed by atoms with Crippen molar-refractivity contribution in [3.63, 3.8) is 0 Å². The number of carbonyl (C=O) groups is 1. The van der Waals surface area contributed by atoms with Gasteiger partial charge in [0.2, 0.25) is 0 Å². The second kappa shape index (κ2) is 7.99. The molecule has 0 unspecified atom stereocenters. The van der Waals surface area contributed by atoms with Crippen LogP contribution in [0.4, 0.5) is 22.0 Å². The number of rotatable bonds is 6. The summed E-state index contributed by atoms with van der Waals surface area (Å²) in [5, 5.41) is 0. The summed E-state index contributed by atoms with van der Waals surface area (Å²) in [4.78, 5) is 12.0. The lowest BCUT2D eigenvalue weighted by Gasteiger charge is -2.10. The Balaban J connectivity index is 2.14. The summed E-state index contributed by atoms with van der Waals surface area (Å²) < 4.78 is 71.3. The molecule has 3 nitrogen and oxygen atoms in total. The Hall–Kier alpha value is -2.90. The monoisotopic (exact) mass is 372 g/mol. The Morgan fingerprint density at radius 3 is 2.23 bits per heavy atom. The molecule has 2 aromatic rings. The van der Waals surface area contributed by atoms with Crippen molar-refractivity contribution in [3.05, 3.63) is 65.2 Å². The molecule has 0 aliphatic carbocycles. The molecule has 0 aromatic heterocycles. The van der Waals surface area contributed by atoms with Crippen LogP contribution in [0.2, 0.25) is 0 Å². The van der Waals surface area contributed by atoms with Crippen LogP contribution in [-0.4, -0.2) is 19.5 Å². The van der Waals surface area contributed by atoms with Gasteiger partial charge in [-0.3, -0.25) is 4.79 Å². The van der Waals surface area contributed by atoms with Crippen LogP contribution in [0.5, 0.6) is 11.5 Å². The number of halogens is 5. The highest BCUT2D eigenvalue weighted by Crippen LogP contribution is 2.30. The van der Waals surface area contributed by atoms with Crippen molar-refractivity contribution < 1.29 is 36.2 Å². The molecule has 0 amide bonds. The van der Waals surface area contributed by atoms with E-state index in [2.05, 4.69) is 4.74 Å². The average molecular weight is 372 g/mol. The topological polar surface area (TPSA) is 35.5 Å². The third kappa shape index (κ3) is 5.05. The van der Waals surface area contributed by atoms with Gasteiger partial charge in [0.15, 0.2) is 17.3 Å². The van der Waals surface area contributed by atoms with E-state index in [1.165, 1.54) is 31.4 Å². The zero-order valence-electron chi connectivity index (χ0n) is 13.4. The van der Waals surface area contributed by atoms with Crippen molar-refractivity contribution >= 4 is 11.9 Å². The number of methoxy groups -OCH3 is 1. The number of hydrogen-bond donors (Lipinski definition) is 0. The molecular weight excluding hydrogens is 359 g/mol. The van der Waals surface area contributed by atoms with Gasteiger partial charge in [-0.1, -0.05) is 24.3 Å². The number of carbonyl (C=O) groups excluding carboxylic acids is 1. The minimum atomic E-state index is -4.48. The fourth-order valence-corrected chi connectivity index (χ4v) is 2.07. The molecule has 2 rings (SSSR count). The Morgan fingerprint density at radius 1 is 1.04 bits per heavy atom. The smallest absolute Gasteiger partial charge is 0.416 e. The fraction of sp³-hybridized carbons (Fsp3) is 0.167. The first-order chi connectivity index (χ1) is 12.2. The largest absolute Gasteiger partial charge is 0.493 e. The Bertz CT molecular complexity index is 795. The van der Waals surface area contributed by atoms with Gasteiger partial charge in [0.05, 0.1) is 12.7 Å². The summed E-state index contributed by atoms with van der Waals surface area (Å²) in [6.45, 7) is -3.01. The molecule has 0 aliphatic heterocycles. The molecule has 0 N–H and O–H groups in total. The molecule has 0 spiro atoms. The summed E-state index contributed by atoms with van der Waals surface area (Å²) in [5.74, 6) is -0.617. The van der Waals surface area contributed by atoms with E-state index in [-0.39, 0.29) is 17.1 Å². The van der Waals surface area contributed by atoms with E-state index in [1.54, 1.807) is 0 Å². The second-order valence-corrected chi connectivity index (χ2v) is 5.06. The zero-order chi connectivity index (χ0) is 19.3. The lowest BCUT2D eigenvalue weighted by Crippen LogP contribution is -2.05. The third-order valence-corrected chi connectivity index (χ3v) is 3.33. The number of ether oxygens (including phenoxy) is 2. The lowest BCUT2D eigenvalue weighted by molar-refractivity contribution is -0.137. The van der Waals surface area contributed by atoms with E-state index >= 15 is 0 Å². The van der Waals surface area contributed by atoms with E-state index in [9.17, 15) is 26.7 Å². The van der Waals surface area contributed by atoms with E-state index in [0.29, 0.717) is 5.56 Å². The first-order valence-corrected chi connectivity index (χ1v) is 7.23. The number of hydrogen-bond acceptors (Lipinski definition) is 3. The van der Waals surface area contributed by atoms with Gasteiger partial charge in [-0.25, -0.2) is 0 Å². The quantitative estimate of drug-likeness (QED) is 0.397. The standard InChI is InChI=1S/C18H13F5O3/c1-25-16-10-11(3-9-15(16)26-17(19)20)2-8-14(24)12-4-6-13(7-5-12)18(21,22)23/h2-10,17H,1H3/b8-2+. The maximum atomic E-state index is 12.5. The first kappa shape index (κ1) is 19.4. The molecule has 2 aromatic carbocycles. The normalized spacial score (nSPS) is 11.8. The van der Waals surface area contributed by atoms with E-state index in [0.717, 1.165) is 30.3 Å². The molecule has 26 heavy (non-hydrogen) atoms. The van der Waals surface area contributed by atoms with Crippen LogP contribution in [0.3, 0.4) is 0 Å². The SMILES string of the molecule is COc1cc(/C=C/C(=O)c2ccc(C(F)(F)F)cc2)ccc1OC(F)F. The van der Waals surface area contributed by atoms with Crippen LogP contribution in [0.1, 0.15) is 21.5 Å². The third-order valence-electron chi connectivity index (χ3n) is 3.33. The summed E-state index contributed by atoms with van der Waals surface area (Å²) in [6.07, 6.45) is -1.93. The molecule has 8 heteroatoms. The molecule has 0 heterocycles. The molecule has 0 saturated carbocycles. The van der Waals surface area contributed by atoms with Crippen LogP contribution >= 0.6 is 0 Å². The minimum absolute atomic E-state index is 0.0504. The number of benzene rings is 2.